The van der Waals surface area contributed by atoms with Crippen LogP contribution in [0.4, 0.5) is 0 Å². The van der Waals surface area contributed by atoms with Crippen molar-refractivity contribution in [2.75, 3.05) is 52.5 Å². The lowest BCUT2D eigenvalue weighted by Gasteiger charge is -2.41. The van der Waals surface area contributed by atoms with Crippen molar-refractivity contribution in [1.82, 2.24) is 20.4 Å². The van der Waals surface area contributed by atoms with Gasteiger partial charge < -0.3 is 20.3 Å². The number of carbonyl (C=O) groups excluding carboxylic acids is 1. The van der Waals surface area contributed by atoms with Crippen LogP contribution in [-0.4, -0.2) is 79.7 Å². The first kappa shape index (κ1) is 26.6. The number of halogens is 1. The molecule has 0 bridgehead atoms. The summed E-state index contributed by atoms with van der Waals surface area (Å²) < 4.78 is 5.46. The van der Waals surface area contributed by atoms with Gasteiger partial charge in [-0.15, -0.1) is 24.0 Å². The van der Waals surface area contributed by atoms with Crippen molar-refractivity contribution < 1.29 is 9.53 Å². The Balaban J connectivity index is 0.00000450. The second-order valence-electron chi connectivity index (χ2n) is 7.85. The number of ether oxygens (including phenoxy) is 1. The Morgan fingerprint density at radius 1 is 1.17 bits per heavy atom. The summed E-state index contributed by atoms with van der Waals surface area (Å²) in [6.45, 7) is 14.8. The van der Waals surface area contributed by atoms with Crippen LogP contribution in [0, 0.1) is 0 Å². The summed E-state index contributed by atoms with van der Waals surface area (Å²) >= 11 is 0. The van der Waals surface area contributed by atoms with Crippen molar-refractivity contribution in [2.24, 2.45) is 4.99 Å². The molecule has 0 saturated carbocycles. The molecule has 1 aliphatic rings. The third-order valence-corrected chi connectivity index (χ3v) is 5.22. The first-order valence-electron chi connectivity index (χ1n) is 10.6. The van der Waals surface area contributed by atoms with Crippen molar-refractivity contribution in [3.63, 3.8) is 0 Å². The quantitative estimate of drug-likeness (QED) is 0.291. The van der Waals surface area contributed by atoms with Crippen molar-refractivity contribution in [3.8, 4) is 0 Å². The molecule has 0 unspecified atom stereocenters. The van der Waals surface area contributed by atoms with Gasteiger partial charge in [-0.25, -0.2) is 4.99 Å². The fraction of sp³-hybridized carbons (Fsp3) is 0.636. The highest BCUT2D eigenvalue weighted by molar-refractivity contribution is 14.0. The smallest absolute Gasteiger partial charge is 0.244 e. The van der Waals surface area contributed by atoms with Gasteiger partial charge in [-0.05, 0) is 33.3 Å². The molecule has 0 atom stereocenters. The van der Waals surface area contributed by atoms with Crippen LogP contribution in [0.1, 0.15) is 33.3 Å². The van der Waals surface area contributed by atoms with Crippen LogP contribution in [0.5, 0.6) is 0 Å². The first-order valence-corrected chi connectivity index (χ1v) is 10.6. The van der Waals surface area contributed by atoms with Gasteiger partial charge in [0.15, 0.2) is 5.96 Å². The van der Waals surface area contributed by atoms with E-state index in [0.717, 1.165) is 45.0 Å². The molecule has 8 heteroatoms. The molecule has 0 aromatic heterocycles. The molecule has 1 amide bonds. The molecule has 0 radical (unpaired) electrons. The number of hydrogen-bond acceptors (Lipinski definition) is 4. The lowest BCUT2D eigenvalue weighted by atomic mass is 10.0. The molecule has 1 aliphatic heterocycles. The van der Waals surface area contributed by atoms with Gasteiger partial charge in [0.1, 0.15) is 6.54 Å². The van der Waals surface area contributed by atoms with Crippen LogP contribution in [0.2, 0.25) is 0 Å². The molecule has 1 fully saturated rings. The number of hydrogen-bond donors (Lipinski definition) is 2. The van der Waals surface area contributed by atoms with Crippen LogP contribution < -0.4 is 10.6 Å². The average molecular weight is 531 g/mol. The molecule has 1 aromatic rings. The Labute approximate surface area is 198 Å². The van der Waals surface area contributed by atoms with E-state index in [1.165, 1.54) is 0 Å². The highest BCUT2D eigenvalue weighted by Gasteiger charge is 2.28. The molecule has 30 heavy (non-hydrogen) atoms. The number of amides is 1. The summed E-state index contributed by atoms with van der Waals surface area (Å²) in [6.07, 6.45) is 0. The van der Waals surface area contributed by atoms with E-state index in [1.54, 1.807) is 0 Å². The maximum Gasteiger partial charge on any atom is 0.244 e. The fourth-order valence-electron chi connectivity index (χ4n) is 3.35. The van der Waals surface area contributed by atoms with E-state index in [9.17, 15) is 4.79 Å². The SMILES string of the molecule is CCNC(=NCC(=O)N(CC)Cc1ccccc1)NCC(C)(C)N1CCOCC1.I. The summed E-state index contributed by atoms with van der Waals surface area (Å²) in [5.41, 5.74) is 1.11. The van der Waals surface area contributed by atoms with Gasteiger partial charge in [0.05, 0.1) is 13.2 Å². The van der Waals surface area contributed by atoms with Gasteiger partial charge >= 0.3 is 0 Å². The molecule has 0 spiro atoms. The number of carbonyl (C=O) groups is 1. The lowest BCUT2D eigenvalue weighted by Crippen LogP contribution is -2.56. The van der Waals surface area contributed by atoms with Crippen LogP contribution in [0.3, 0.4) is 0 Å². The molecule has 2 N–H and O–H groups in total. The second kappa shape index (κ2) is 13.8. The molecule has 2 rings (SSSR count). The van der Waals surface area contributed by atoms with Crippen LogP contribution >= 0.6 is 24.0 Å². The van der Waals surface area contributed by atoms with Gasteiger partial charge in [-0.2, -0.15) is 0 Å². The molecular formula is C22H38IN5O2. The zero-order chi connectivity index (χ0) is 21.1. The van der Waals surface area contributed by atoms with Gasteiger partial charge in [-0.1, -0.05) is 30.3 Å². The van der Waals surface area contributed by atoms with Crippen molar-refractivity contribution >= 4 is 35.8 Å². The van der Waals surface area contributed by atoms with Gasteiger partial charge in [0.2, 0.25) is 5.91 Å². The maximum atomic E-state index is 12.7. The van der Waals surface area contributed by atoms with E-state index < -0.39 is 0 Å². The molecule has 1 aromatic carbocycles. The minimum absolute atomic E-state index is 0. The number of rotatable bonds is 9. The summed E-state index contributed by atoms with van der Waals surface area (Å²) in [7, 11) is 0. The van der Waals surface area contributed by atoms with E-state index in [-0.39, 0.29) is 42.0 Å². The fourth-order valence-corrected chi connectivity index (χ4v) is 3.35. The number of nitrogens with one attached hydrogen (secondary N) is 2. The maximum absolute atomic E-state index is 12.7. The summed E-state index contributed by atoms with van der Waals surface area (Å²) in [4.78, 5) is 21.5. The number of aliphatic imine (C=N–C) groups is 1. The Bertz CT molecular complexity index is 648. The predicted molar refractivity (Wildman–Crippen MR) is 133 cm³/mol. The monoisotopic (exact) mass is 531 g/mol. The largest absolute Gasteiger partial charge is 0.379 e. The third kappa shape index (κ3) is 8.77. The number of nitrogens with zero attached hydrogens (tertiary/aromatic N) is 3. The van der Waals surface area contributed by atoms with Crippen molar-refractivity contribution in [1.29, 1.82) is 0 Å². The topological polar surface area (TPSA) is 69.2 Å². The van der Waals surface area contributed by atoms with Crippen molar-refractivity contribution in [3.05, 3.63) is 35.9 Å². The Kier molecular flexibility index (Phi) is 12.3. The molecule has 170 valence electrons. The molecular weight excluding hydrogens is 493 g/mol. The van der Waals surface area contributed by atoms with E-state index >= 15 is 0 Å². The zero-order valence-corrected chi connectivity index (χ0v) is 21.1. The number of morpholine rings is 1. The lowest BCUT2D eigenvalue weighted by molar-refractivity contribution is -0.130. The van der Waals surface area contributed by atoms with Gasteiger partial charge in [0.25, 0.3) is 0 Å². The Morgan fingerprint density at radius 2 is 1.83 bits per heavy atom. The number of likely N-dealkylation sites (N-methyl/N-ethyl adjacent to an activating group) is 1. The van der Waals surface area contributed by atoms with E-state index in [2.05, 4.69) is 34.4 Å². The van der Waals surface area contributed by atoms with Crippen LogP contribution in [0.15, 0.2) is 35.3 Å². The minimum Gasteiger partial charge on any atom is -0.379 e. The third-order valence-electron chi connectivity index (χ3n) is 5.22. The molecule has 1 heterocycles. The van der Waals surface area contributed by atoms with Gasteiger partial charge in [-0.3, -0.25) is 9.69 Å². The minimum atomic E-state index is -0.0211. The highest BCUT2D eigenvalue weighted by atomic mass is 127. The van der Waals surface area contributed by atoms with Gasteiger partial charge in [0, 0.05) is 44.8 Å². The van der Waals surface area contributed by atoms with Crippen LogP contribution in [0.25, 0.3) is 0 Å². The highest BCUT2D eigenvalue weighted by Crippen LogP contribution is 2.15. The first-order chi connectivity index (χ1) is 14.0. The Hall–Kier alpha value is -1.39. The summed E-state index contributed by atoms with van der Waals surface area (Å²) in [5.74, 6) is 0.707. The van der Waals surface area contributed by atoms with E-state index in [0.29, 0.717) is 19.0 Å². The van der Waals surface area contributed by atoms with E-state index in [4.69, 9.17) is 4.74 Å². The number of benzene rings is 1. The number of guanidine groups is 1. The molecule has 0 aliphatic carbocycles. The zero-order valence-electron chi connectivity index (χ0n) is 18.8. The average Bonchev–Trinajstić information content (AvgIpc) is 2.75. The Morgan fingerprint density at radius 3 is 2.43 bits per heavy atom. The second-order valence-corrected chi connectivity index (χ2v) is 7.85. The molecule has 7 nitrogen and oxygen atoms in total. The summed E-state index contributed by atoms with van der Waals surface area (Å²) in [5, 5.41) is 6.65. The predicted octanol–water partition coefficient (Wildman–Crippen LogP) is 2.32. The normalized spacial score (nSPS) is 15.3. The molecule has 1 saturated heterocycles. The van der Waals surface area contributed by atoms with Crippen LogP contribution in [-0.2, 0) is 16.1 Å². The van der Waals surface area contributed by atoms with E-state index in [1.807, 2.05) is 49.1 Å². The summed E-state index contributed by atoms with van der Waals surface area (Å²) in [6, 6.07) is 10.1. The van der Waals surface area contributed by atoms with Crippen molar-refractivity contribution in [2.45, 2.75) is 39.8 Å². The standard InChI is InChI=1S/C22H37N5O2.HI/c1-5-23-21(25-18-22(3,4)27-12-14-29-15-13-27)24-16-20(28)26(6-2)17-19-10-8-7-9-11-19;/h7-11H,5-6,12-18H2,1-4H3,(H2,23,24,25);1H.